The van der Waals surface area contributed by atoms with E-state index >= 15 is 0 Å². The van der Waals surface area contributed by atoms with Gasteiger partial charge in [-0.05, 0) is 71.8 Å². The van der Waals surface area contributed by atoms with E-state index in [1.165, 1.54) is 25.3 Å². The smallest absolute Gasteiger partial charge is 0.270 e. The fourth-order valence-corrected chi connectivity index (χ4v) is 3.19. The first kappa shape index (κ1) is 18.7. The minimum Gasteiger partial charge on any atom is -0.491 e. The Hall–Kier alpha value is -1.66. The van der Waals surface area contributed by atoms with Gasteiger partial charge in [0.15, 0.2) is 0 Å². The first-order valence-electron chi connectivity index (χ1n) is 8.80. The lowest BCUT2D eigenvalue weighted by Gasteiger charge is -2.32. The Morgan fingerprint density at radius 3 is 2.67 bits per heavy atom. The zero-order chi connectivity index (χ0) is 17.5. The summed E-state index contributed by atoms with van der Waals surface area (Å²) in [6, 6.07) is 4.91. The predicted octanol–water partition coefficient (Wildman–Crippen LogP) is 3.20. The third-order valence-electron chi connectivity index (χ3n) is 4.52. The maximum Gasteiger partial charge on any atom is 0.270 e. The lowest BCUT2D eigenvalue weighted by Crippen LogP contribution is -2.34. The number of likely N-dealkylation sites (tertiary alicyclic amines) is 1. The fraction of sp³-hybridized carbons (Fsp3) is 0.667. The molecular weight excluding hydrogens is 306 g/mol. The number of hydrogen-bond donors (Lipinski definition) is 1. The molecular formula is C18H29N3O3. The van der Waals surface area contributed by atoms with Crippen LogP contribution in [0.15, 0.2) is 18.2 Å². The Labute approximate surface area is 144 Å². The third-order valence-corrected chi connectivity index (χ3v) is 4.52. The van der Waals surface area contributed by atoms with Gasteiger partial charge in [0.05, 0.1) is 11.0 Å². The average Bonchev–Trinajstić information content (AvgIpc) is 2.55. The second-order valence-electron chi connectivity index (χ2n) is 6.83. The van der Waals surface area contributed by atoms with Crippen molar-refractivity contribution in [1.29, 1.82) is 0 Å². The molecule has 0 aromatic heterocycles. The van der Waals surface area contributed by atoms with E-state index in [1.54, 1.807) is 12.1 Å². The van der Waals surface area contributed by atoms with Crippen molar-refractivity contribution >= 4 is 5.69 Å². The van der Waals surface area contributed by atoms with Crippen LogP contribution >= 0.6 is 0 Å². The molecule has 0 unspecified atom stereocenters. The molecule has 1 heterocycles. The van der Waals surface area contributed by atoms with E-state index in [0.717, 1.165) is 36.9 Å². The first-order valence-corrected chi connectivity index (χ1v) is 8.80. The molecule has 6 nitrogen and oxygen atoms in total. The fourth-order valence-electron chi connectivity index (χ4n) is 3.19. The second-order valence-corrected chi connectivity index (χ2v) is 6.83. The minimum atomic E-state index is -0.341. The van der Waals surface area contributed by atoms with Crippen molar-refractivity contribution in [3.63, 3.8) is 0 Å². The van der Waals surface area contributed by atoms with Crippen molar-refractivity contribution in [3.05, 3.63) is 33.9 Å². The van der Waals surface area contributed by atoms with Crippen molar-refractivity contribution in [3.8, 4) is 5.75 Å². The number of nitrogens with zero attached hydrogens (tertiary/aromatic N) is 2. The normalized spacial score (nSPS) is 16.5. The number of benzene rings is 1. The molecule has 1 aliphatic heterocycles. The van der Waals surface area contributed by atoms with E-state index < -0.39 is 0 Å². The SMILES string of the molecule is CNCCC1CCN(Cc2cc([N+](=O)[O-])ccc2OC(C)C)CC1. The van der Waals surface area contributed by atoms with Crippen molar-refractivity contribution in [2.75, 3.05) is 26.7 Å². The van der Waals surface area contributed by atoms with Crippen LogP contribution in [0.5, 0.6) is 5.75 Å². The van der Waals surface area contributed by atoms with Gasteiger partial charge in [0, 0.05) is 24.2 Å². The molecule has 0 bridgehead atoms. The molecule has 1 fully saturated rings. The van der Waals surface area contributed by atoms with Crippen molar-refractivity contribution in [2.45, 2.75) is 45.8 Å². The zero-order valence-electron chi connectivity index (χ0n) is 15.0. The maximum absolute atomic E-state index is 11.1. The summed E-state index contributed by atoms with van der Waals surface area (Å²) in [6.07, 6.45) is 3.66. The molecule has 0 spiro atoms. The maximum atomic E-state index is 11.1. The summed E-state index contributed by atoms with van der Waals surface area (Å²) in [5.74, 6) is 1.54. The topological polar surface area (TPSA) is 67.6 Å². The zero-order valence-corrected chi connectivity index (χ0v) is 15.0. The van der Waals surface area contributed by atoms with Gasteiger partial charge in [-0.25, -0.2) is 0 Å². The number of ether oxygens (including phenoxy) is 1. The second kappa shape index (κ2) is 8.99. The predicted molar refractivity (Wildman–Crippen MR) is 95.4 cm³/mol. The van der Waals surface area contributed by atoms with E-state index in [4.69, 9.17) is 4.74 Å². The van der Waals surface area contributed by atoms with E-state index in [9.17, 15) is 10.1 Å². The Morgan fingerprint density at radius 1 is 1.38 bits per heavy atom. The van der Waals surface area contributed by atoms with Gasteiger partial charge in [-0.3, -0.25) is 15.0 Å². The largest absolute Gasteiger partial charge is 0.491 e. The number of hydrogen-bond acceptors (Lipinski definition) is 5. The van der Waals surface area contributed by atoms with E-state index in [1.807, 2.05) is 20.9 Å². The molecule has 1 aromatic rings. The summed E-state index contributed by atoms with van der Waals surface area (Å²) in [6.45, 7) is 7.80. The van der Waals surface area contributed by atoms with Crippen LogP contribution in [0.25, 0.3) is 0 Å². The first-order chi connectivity index (χ1) is 11.5. The van der Waals surface area contributed by atoms with Crippen LogP contribution in [0.4, 0.5) is 5.69 Å². The van der Waals surface area contributed by atoms with Gasteiger partial charge in [-0.1, -0.05) is 0 Å². The van der Waals surface area contributed by atoms with Gasteiger partial charge in [-0.15, -0.1) is 0 Å². The molecule has 1 saturated heterocycles. The molecule has 1 N–H and O–H groups in total. The Morgan fingerprint density at radius 2 is 2.08 bits per heavy atom. The number of nitrogens with one attached hydrogen (secondary N) is 1. The average molecular weight is 335 g/mol. The molecule has 0 aliphatic carbocycles. The van der Waals surface area contributed by atoms with Crippen LogP contribution < -0.4 is 10.1 Å². The summed E-state index contributed by atoms with van der Waals surface area (Å²) in [5.41, 5.74) is 1.04. The summed E-state index contributed by atoms with van der Waals surface area (Å²) in [4.78, 5) is 13.1. The van der Waals surface area contributed by atoms with Crippen LogP contribution in [-0.2, 0) is 6.54 Å². The van der Waals surface area contributed by atoms with Crippen LogP contribution in [-0.4, -0.2) is 42.6 Å². The molecule has 0 amide bonds. The van der Waals surface area contributed by atoms with Crippen molar-refractivity contribution in [2.24, 2.45) is 5.92 Å². The van der Waals surface area contributed by atoms with Gasteiger partial charge < -0.3 is 10.1 Å². The number of non-ortho nitro benzene ring substituents is 1. The van der Waals surface area contributed by atoms with Crippen molar-refractivity contribution < 1.29 is 9.66 Å². The molecule has 2 rings (SSSR count). The quantitative estimate of drug-likeness (QED) is 0.584. The van der Waals surface area contributed by atoms with Crippen molar-refractivity contribution in [1.82, 2.24) is 10.2 Å². The minimum absolute atomic E-state index is 0.0532. The monoisotopic (exact) mass is 335 g/mol. The Bertz CT molecular complexity index is 540. The molecule has 6 heteroatoms. The number of nitro benzene ring substituents is 1. The summed E-state index contributed by atoms with van der Waals surface area (Å²) >= 11 is 0. The lowest BCUT2D eigenvalue weighted by atomic mass is 9.93. The Balaban J connectivity index is 2.02. The van der Waals surface area contributed by atoms with E-state index in [0.29, 0.717) is 6.54 Å². The third kappa shape index (κ3) is 5.46. The summed E-state index contributed by atoms with van der Waals surface area (Å²) in [5, 5.41) is 14.3. The van der Waals surface area contributed by atoms with Crippen LogP contribution in [0.1, 0.15) is 38.7 Å². The Kier molecular flexibility index (Phi) is 6.99. The number of nitro groups is 1. The molecule has 0 radical (unpaired) electrons. The van der Waals surface area contributed by atoms with Crippen LogP contribution in [0, 0.1) is 16.0 Å². The van der Waals surface area contributed by atoms with E-state index in [2.05, 4.69) is 10.2 Å². The van der Waals surface area contributed by atoms with Gasteiger partial charge in [0.1, 0.15) is 5.75 Å². The molecule has 134 valence electrons. The van der Waals surface area contributed by atoms with Gasteiger partial charge >= 0.3 is 0 Å². The number of rotatable bonds is 8. The molecule has 0 atom stereocenters. The van der Waals surface area contributed by atoms with E-state index in [-0.39, 0.29) is 16.7 Å². The molecule has 0 saturated carbocycles. The standard InChI is InChI=1S/C18H29N3O3/c1-14(2)24-18-5-4-17(21(22)23)12-16(18)13-20-10-7-15(8-11-20)6-9-19-3/h4-5,12,14-15,19H,6-11,13H2,1-3H3. The summed E-state index contributed by atoms with van der Waals surface area (Å²) in [7, 11) is 1.99. The van der Waals surface area contributed by atoms with Crippen LogP contribution in [0.3, 0.4) is 0 Å². The highest BCUT2D eigenvalue weighted by atomic mass is 16.6. The highest BCUT2D eigenvalue weighted by Crippen LogP contribution is 2.28. The van der Waals surface area contributed by atoms with Gasteiger partial charge in [-0.2, -0.15) is 0 Å². The van der Waals surface area contributed by atoms with Gasteiger partial charge in [0.25, 0.3) is 5.69 Å². The highest BCUT2D eigenvalue weighted by Gasteiger charge is 2.21. The summed E-state index contributed by atoms with van der Waals surface area (Å²) < 4.78 is 5.84. The lowest BCUT2D eigenvalue weighted by molar-refractivity contribution is -0.385. The molecule has 24 heavy (non-hydrogen) atoms. The molecule has 1 aliphatic rings. The van der Waals surface area contributed by atoms with Gasteiger partial charge in [0.2, 0.25) is 0 Å². The number of piperidine rings is 1. The highest BCUT2D eigenvalue weighted by molar-refractivity contribution is 5.44. The van der Waals surface area contributed by atoms with Crippen LogP contribution in [0.2, 0.25) is 0 Å². The molecule has 1 aromatic carbocycles.